The number of imidazole rings is 1. The number of thiocarbonyl (C=S) groups is 1. The number of halogens is 1. The Morgan fingerprint density at radius 2 is 2.13 bits per heavy atom. The molecule has 1 aromatic heterocycles. The van der Waals surface area contributed by atoms with Crippen molar-refractivity contribution >= 4 is 34.8 Å². The number of allylic oxidation sites excluding steroid dienone is 1. The van der Waals surface area contributed by atoms with Gasteiger partial charge in [-0.1, -0.05) is 29.9 Å². The van der Waals surface area contributed by atoms with E-state index in [1.54, 1.807) is 19.2 Å². The molecule has 0 amide bonds. The zero-order valence-corrected chi connectivity index (χ0v) is 19.2. The number of rotatable bonds is 9. The van der Waals surface area contributed by atoms with E-state index in [-0.39, 0.29) is 0 Å². The predicted octanol–water partition coefficient (Wildman–Crippen LogP) is 6.50. The average Bonchev–Trinajstić information content (AvgIpc) is 3.20. The van der Waals surface area contributed by atoms with Gasteiger partial charge >= 0.3 is 0 Å². The minimum Gasteiger partial charge on any atom is -0.497 e. The van der Waals surface area contributed by atoms with Crippen LogP contribution in [0.2, 0.25) is 5.02 Å². The molecule has 0 bridgehead atoms. The summed E-state index contributed by atoms with van der Waals surface area (Å²) < 4.78 is 11.0. The van der Waals surface area contributed by atoms with Gasteiger partial charge in [0.05, 0.1) is 30.5 Å². The number of H-pyrrole nitrogens is 1. The number of hydrogen-bond donors (Lipinski definition) is 2. The summed E-state index contributed by atoms with van der Waals surface area (Å²) >= 11 is 12.1. The second kappa shape index (κ2) is 10.8. The summed E-state index contributed by atoms with van der Waals surface area (Å²) in [5.41, 5.74) is 1.79. The van der Waals surface area contributed by atoms with Gasteiger partial charge < -0.3 is 19.8 Å². The standard InChI is InChI=1S/C23H30ClN3O2S/c1-4-6-7-15-8-10-16(11-9-15)19-14-25-23(26-19)27-22(30)21-18(24)12-17(28-3)13-20(21)29-5-2/h4,12-16H,1,5-11H2,2-3H3,(H2,25,26,27,30). The second-order valence-corrected chi connectivity index (χ2v) is 8.46. The topological polar surface area (TPSA) is 59.2 Å². The molecule has 1 aromatic carbocycles. The van der Waals surface area contributed by atoms with E-state index >= 15 is 0 Å². The molecule has 0 aliphatic heterocycles. The first-order valence-corrected chi connectivity index (χ1v) is 11.3. The van der Waals surface area contributed by atoms with Crippen LogP contribution < -0.4 is 14.8 Å². The van der Waals surface area contributed by atoms with Gasteiger partial charge in [-0.2, -0.15) is 0 Å². The van der Waals surface area contributed by atoms with Crippen LogP contribution in [-0.4, -0.2) is 28.7 Å². The molecule has 2 N–H and O–H groups in total. The molecule has 1 aliphatic rings. The lowest BCUT2D eigenvalue weighted by atomic mass is 9.79. The lowest BCUT2D eigenvalue weighted by Crippen LogP contribution is -2.15. The van der Waals surface area contributed by atoms with Crippen LogP contribution in [0.1, 0.15) is 62.6 Å². The number of nitrogens with zero attached hydrogens (tertiary/aromatic N) is 1. The highest BCUT2D eigenvalue weighted by molar-refractivity contribution is 7.81. The largest absolute Gasteiger partial charge is 0.497 e. The van der Waals surface area contributed by atoms with Crippen molar-refractivity contribution in [1.82, 2.24) is 9.97 Å². The number of aromatic nitrogens is 2. The van der Waals surface area contributed by atoms with Crippen molar-refractivity contribution in [3.8, 4) is 11.5 Å². The van der Waals surface area contributed by atoms with E-state index in [9.17, 15) is 0 Å². The molecule has 3 rings (SSSR count). The molecular weight excluding hydrogens is 418 g/mol. The van der Waals surface area contributed by atoms with E-state index < -0.39 is 0 Å². The number of hydrogen-bond acceptors (Lipinski definition) is 4. The normalized spacial score (nSPS) is 18.6. The number of nitrogens with one attached hydrogen (secondary N) is 2. The Morgan fingerprint density at radius 3 is 2.80 bits per heavy atom. The first-order chi connectivity index (χ1) is 14.5. The number of methoxy groups -OCH3 is 1. The third-order valence-corrected chi connectivity index (χ3v) is 6.29. The van der Waals surface area contributed by atoms with Crippen LogP contribution in [0.25, 0.3) is 0 Å². The Kier molecular flexibility index (Phi) is 8.16. The van der Waals surface area contributed by atoms with Gasteiger partial charge in [0.2, 0.25) is 5.95 Å². The van der Waals surface area contributed by atoms with Crippen molar-refractivity contribution in [3.05, 3.63) is 47.3 Å². The monoisotopic (exact) mass is 447 g/mol. The van der Waals surface area contributed by atoms with Gasteiger partial charge in [0, 0.05) is 17.7 Å². The van der Waals surface area contributed by atoms with Gasteiger partial charge in [0.25, 0.3) is 0 Å². The summed E-state index contributed by atoms with van der Waals surface area (Å²) in [6.07, 6.45) is 11.2. The molecule has 162 valence electrons. The number of anilines is 1. The van der Waals surface area contributed by atoms with E-state index in [0.717, 1.165) is 18.0 Å². The summed E-state index contributed by atoms with van der Waals surface area (Å²) in [4.78, 5) is 8.35. The highest BCUT2D eigenvalue weighted by Crippen LogP contribution is 2.37. The molecule has 7 heteroatoms. The molecule has 2 aromatic rings. The zero-order chi connectivity index (χ0) is 21.5. The Balaban J connectivity index is 1.66. The fourth-order valence-corrected chi connectivity index (χ4v) is 4.72. The molecule has 0 radical (unpaired) electrons. The van der Waals surface area contributed by atoms with Crippen molar-refractivity contribution in [2.24, 2.45) is 5.92 Å². The molecule has 0 unspecified atom stereocenters. The van der Waals surface area contributed by atoms with Gasteiger partial charge in [-0.25, -0.2) is 4.98 Å². The molecular formula is C23H30ClN3O2S. The summed E-state index contributed by atoms with van der Waals surface area (Å²) in [5.74, 6) is 3.17. The molecule has 0 atom stereocenters. The van der Waals surface area contributed by atoms with Crippen molar-refractivity contribution in [2.45, 2.75) is 51.4 Å². The minimum atomic E-state index is 0.458. The van der Waals surface area contributed by atoms with E-state index in [1.165, 1.54) is 32.1 Å². The minimum absolute atomic E-state index is 0.458. The molecule has 1 aliphatic carbocycles. The Hall–Kier alpha value is -2.05. The molecule has 1 heterocycles. The Labute approximate surface area is 189 Å². The number of benzene rings is 1. The maximum absolute atomic E-state index is 6.46. The highest BCUT2D eigenvalue weighted by Gasteiger charge is 2.24. The third kappa shape index (κ3) is 5.55. The second-order valence-electron chi connectivity index (χ2n) is 7.64. The van der Waals surface area contributed by atoms with Crippen LogP contribution in [0.3, 0.4) is 0 Å². The van der Waals surface area contributed by atoms with Gasteiger partial charge in [-0.05, 0) is 57.4 Å². The molecule has 30 heavy (non-hydrogen) atoms. The first kappa shape index (κ1) is 22.6. The fraction of sp³-hybridized carbons (Fsp3) is 0.478. The maximum atomic E-state index is 6.46. The van der Waals surface area contributed by atoms with Crippen LogP contribution in [0, 0.1) is 5.92 Å². The van der Waals surface area contributed by atoms with E-state index in [4.69, 9.17) is 33.3 Å². The molecule has 1 fully saturated rings. The summed E-state index contributed by atoms with van der Waals surface area (Å²) in [7, 11) is 1.59. The third-order valence-electron chi connectivity index (χ3n) is 5.68. The van der Waals surface area contributed by atoms with Crippen molar-refractivity contribution in [1.29, 1.82) is 0 Å². The Morgan fingerprint density at radius 1 is 1.37 bits per heavy atom. The first-order valence-electron chi connectivity index (χ1n) is 10.5. The van der Waals surface area contributed by atoms with Crippen molar-refractivity contribution in [3.63, 3.8) is 0 Å². The van der Waals surface area contributed by atoms with Gasteiger partial charge in [-0.3, -0.25) is 0 Å². The SMILES string of the molecule is C=CCCC1CCC(c2cnc(NC(=S)c3c(Cl)cc(OC)cc3OCC)[nH]2)CC1. The smallest absolute Gasteiger partial charge is 0.205 e. The summed E-state index contributed by atoms with van der Waals surface area (Å²) in [5, 5.41) is 3.65. The average molecular weight is 448 g/mol. The van der Waals surface area contributed by atoms with E-state index in [2.05, 4.69) is 21.9 Å². The number of aromatic amines is 1. The molecule has 1 saturated carbocycles. The summed E-state index contributed by atoms with van der Waals surface area (Å²) in [6.45, 7) is 6.25. The van der Waals surface area contributed by atoms with E-state index in [0.29, 0.717) is 45.5 Å². The quantitative estimate of drug-likeness (QED) is 0.339. The van der Waals surface area contributed by atoms with Crippen molar-refractivity contribution in [2.75, 3.05) is 19.0 Å². The van der Waals surface area contributed by atoms with Crippen LogP contribution >= 0.6 is 23.8 Å². The molecule has 0 saturated heterocycles. The lowest BCUT2D eigenvalue weighted by molar-refractivity contribution is 0.309. The predicted molar refractivity (Wildman–Crippen MR) is 127 cm³/mol. The maximum Gasteiger partial charge on any atom is 0.205 e. The molecule has 0 spiro atoms. The van der Waals surface area contributed by atoms with Crippen LogP contribution in [0.15, 0.2) is 31.0 Å². The number of ether oxygens (including phenoxy) is 2. The lowest BCUT2D eigenvalue weighted by Gasteiger charge is -2.27. The Bertz CT molecular complexity index is 875. The zero-order valence-electron chi connectivity index (χ0n) is 17.7. The van der Waals surface area contributed by atoms with Crippen LogP contribution in [-0.2, 0) is 0 Å². The summed E-state index contributed by atoms with van der Waals surface area (Å²) in [6, 6.07) is 3.52. The fourth-order valence-electron chi connectivity index (χ4n) is 4.06. The van der Waals surface area contributed by atoms with Gasteiger partial charge in [0.15, 0.2) is 0 Å². The van der Waals surface area contributed by atoms with Gasteiger partial charge in [-0.15, -0.1) is 6.58 Å². The van der Waals surface area contributed by atoms with Gasteiger partial charge in [0.1, 0.15) is 16.5 Å². The molecule has 5 nitrogen and oxygen atoms in total. The van der Waals surface area contributed by atoms with Crippen LogP contribution in [0.4, 0.5) is 5.95 Å². The van der Waals surface area contributed by atoms with Crippen LogP contribution in [0.5, 0.6) is 11.5 Å². The van der Waals surface area contributed by atoms with Crippen molar-refractivity contribution < 1.29 is 9.47 Å². The van der Waals surface area contributed by atoms with E-state index in [1.807, 2.05) is 19.2 Å². The highest BCUT2D eigenvalue weighted by atomic mass is 35.5.